The highest BCUT2D eigenvalue weighted by molar-refractivity contribution is 5.91. The van der Waals surface area contributed by atoms with E-state index in [1.54, 1.807) is 25.7 Å². The lowest BCUT2D eigenvalue weighted by molar-refractivity contribution is -0.139. The van der Waals surface area contributed by atoms with Gasteiger partial charge in [-0.05, 0) is 95.0 Å². The van der Waals surface area contributed by atoms with Gasteiger partial charge >= 0.3 is 12.2 Å². The number of hydrogen-bond acceptors (Lipinski definition) is 7. The minimum atomic E-state index is -0.918. The first-order chi connectivity index (χ1) is 21.8. The van der Waals surface area contributed by atoms with Gasteiger partial charge in [0.25, 0.3) is 0 Å². The first kappa shape index (κ1) is 34.6. The second kappa shape index (κ2) is 15.3. The molecule has 4 amide bonds. The predicted octanol–water partition coefficient (Wildman–Crippen LogP) is 4.90. The van der Waals surface area contributed by atoms with E-state index < -0.39 is 29.7 Å². The smallest absolute Gasteiger partial charge is 0.410 e. The van der Waals surface area contributed by atoms with Gasteiger partial charge < -0.3 is 35.1 Å². The van der Waals surface area contributed by atoms with Gasteiger partial charge in [-0.25, -0.2) is 9.59 Å². The zero-order chi connectivity index (χ0) is 33.4. The van der Waals surface area contributed by atoms with Crippen LogP contribution in [-0.2, 0) is 25.5 Å². The highest BCUT2D eigenvalue weighted by Gasteiger charge is 2.37. The van der Waals surface area contributed by atoms with Crippen LogP contribution >= 0.6 is 0 Å². The summed E-state index contributed by atoms with van der Waals surface area (Å²) in [6.45, 7) is 11.3. The maximum absolute atomic E-state index is 13.5. The molecule has 0 radical (unpaired) electrons. The molecule has 2 aromatic carbocycles. The van der Waals surface area contributed by atoms with Crippen LogP contribution in [0.4, 0.5) is 9.59 Å². The lowest BCUT2D eigenvalue weighted by atomic mass is 9.98. The molecule has 2 fully saturated rings. The Hall–Kier alpha value is -4.28. The van der Waals surface area contributed by atoms with E-state index in [9.17, 15) is 19.2 Å². The van der Waals surface area contributed by atoms with Crippen molar-refractivity contribution in [2.75, 3.05) is 26.2 Å². The normalized spacial score (nSPS) is 17.8. The van der Waals surface area contributed by atoms with E-state index in [2.05, 4.69) is 5.32 Å². The van der Waals surface area contributed by atoms with Crippen LogP contribution in [0.3, 0.4) is 0 Å². The number of carbonyl (C=O) groups excluding carboxylic acids is 4. The Kier molecular flexibility index (Phi) is 11.5. The number of amides is 4. The number of likely N-dealkylation sites (tertiary alicyclic amines) is 2. The highest BCUT2D eigenvalue weighted by atomic mass is 16.6. The highest BCUT2D eigenvalue weighted by Crippen LogP contribution is 2.26. The molecule has 2 aliphatic heterocycles. The van der Waals surface area contributed by atoms with E-state index >= 15 is 0 Å². The minimum Gasteiger partial charge on any atom is -0.493 e. The molecule has 2 aromatic rings. The number of nitrogens with one attached hydrogen (secondary N) is 1. The average Bonchev–Trinajstić information content (AvgIpc) is 3.50. The van der Waals surface area contributed by atoms with E-state index in [1.165, 1.54) is 4.90 Å². The summed E-state index contributed by atoms with van der Waals surface area (Å²) in [5, 5.41) is 2.72. The van der Waals surface area contributed by atoms with Crippen LogP contribution in [-0.4, -0.2) is 83.8 Å². The third kappa shape index (κ3) is 9.86. The molecule has 0 spiro atoms. The molecule has 2 heterocycles. The number of rotatable bonds is 10. The molecule has 0 aromatic heterocycles. The van der Waals surface area contributed by atoms with Crippen molar-refractivity contribution in [1.29, 1.82) is 0 Å². The number of primary amides is 1. The summed E-state index contributed by atoms with van der Waals surface area (Å²) >= 11 is 0. The quantitative estimate of drug-likeness (QED) is 0.378. The van der Waals surface area contributed by atoms with Crippen LogP contribution in [0, 0.1) is 5.92 Å². The summed E-state index contributed by atoms with van der Waals surface area (Å²) in [7, 11) is 0. The fraction of sp³-hybridized carbons (Fsp3) is 0.543. The van der Waals surface area contributed by atoms with Gasteiger partial charge in [0.15, 0.2) is 0 Å². The molecule has 1 unspecified atom stereocenters. The molecule has 0 bridgehead atoms. The molecule has 2 atom stereocenters. The summed E-state index contributed by atoms with van der Waals surface area (Å²) in [6.07, 6.45) is 2.10. The van der Waals surface area contributed by atoms with Crippen molar-refractivity contribution in [1.82, 2.24) is 15.1 Å². The number of nitrogens with two attached hydrogens (primary N) is 1. The maximum atomic E-state index is 13.5. The largest absolute Gasteiger partial charge is 0.493 e. The first-order valence-corrected chi connectivity index (χ1v) is 16.2. The molecule has 3 N–H and O–H groups in total. The molecule has 250 valence electrons. The number of hydrogen-bond donors (Lipinski definition) is 2. The Bertz CT molecular complexity index is 1350. The van der Waals surface area contributed by atoms with Gasteiger partial charge in [0, 0.05) is 26.1 Å². The Morgan fingerprint density at radius 3 is 2.09 bits per heavy atom. The van der Waals surface area contributed by atoms with Gasteiger partial charge in [-0.2, -0.15) is 0 Å². The molecule has 11 heteroatoms. The Labute approximate surface area is 271 Å². The van der Waals surface area contributed by atoms with Crippen LogP contribution in [0.15, 0.2) is 48.5 Å². The van der Waals surface area contributed by atoms with E-state index in [-0.39, 0.29) is 24.5 Å². The first-order valence-electron chi connectivity index (χ1n) is 16.2. The lowest BCUT2D eigenvalue weighted by Gasteiger charge is -2.31. The fourth-order valence-corrected chi connectivity index (χ4v) is 5.76. The van der Waals surface area contributed by atoms with E-state index in [0.29, 0.717) is 45.0 Å². The van der Waals surface area contributed by atoms with E-state index in [1.807, 2.05) is 62.4 Å². The molecule has 46 heavy (non-hydrogen) atoms. The Balaban J connectivity index is 1.34. The van der Waals surface area contributed by atoms with Gasteiger partial charge in [-0.15, -0.1) is 0 Å². The number of piperidine rings is 1. The van der Waals surface area contributed by atoms with Crippen LogP contribution in [0.2, 0.25) is 0 Å². The topological polar surface area (TPSA) is 140 Å². The van der Waals surface area contributed by atoms with Crippen molar-refractivity contribution in [2.45, 2.75) is 90.5 Å². The number of carbonyl (C=O) groups is 4. The molecule has 0 saturated carbocycles. The summed E-state index contributed by atoms with van der Waals surface area (Å²) in [4.78, 5) is 53.5. The van der Waals surface area contributed by atoms with Crippen molar-refractivity contribution in [3.63, 3.8) is 0 Å². The third-order valence-corrected chi connectivity index (χ3v) is 8.13. The van der Waals surface area contributed by atoms with Crippen molar-refractivity contribution < 1.29 is 33.4 Å². The predicted molar refractivity (Wildman–Crippen MR) is 174 cm³/mol. The van der Waals surface area contributed by atoms with Crippen molar-refractivity contribution in [2.24, 2.45) is 11.7 Å². The lowest BCUT2D eigenvalue weighted by Crippen LogP contribution is -2.54. The van der Waals surface area contributed by atoms with Crippen LogP contribution in [0.25, 0.3) is 11.1 Å². The number of benzene rings is 2. The number of alkyl carbamates (subject to hydrolysis) is 1. The summed E-state index contributed by atoms with van der Waals surface area (Å²) in [6, 6.07) is 14.1. The molecular weight excluding hydrogens is 588 g/mol. The second-order valence-corrected chi connectivity index (χ2v) is 13.4. The SMILES string of the molecule is CC(C)OC(=O)N1CCC(COc2ccc(-c3ccc(CC(NC(=O)OC(C)(C)C)C(=O)N4CCC[C@H]4C(N)=O)cc3)cc2)CC1. The molecular formula is C35H48N4O7. The van der Waals surface area contributed by atoms with Crippen LogP contribution in [0.5, 0.6) is 5.75 Å². The number of ether oxygens (including phenoxy) is 3. The van der Waals surface area contributed by atoms with E-state index in [0.717, 1.165) is 35.3 Å². The van der Waals surface area contributed by atoms with Crippen LogP contribution < -0.4 is 15.8 Å². The molecule has 11 nitrogen and oxygen atoms in total. The van der Waals surface area contributed by atoms with Crippen molar-refractivity contribution >= 4 is 24.0 Å². The monoisotopic (exact) mass is 636 g/mol. The fourth-order valence-electron chi connectivity index (χ4n) is 5.76. The van der Waals surface area contributed by atoms with Crippen LogP contribution in [0.1, 0.15) is 65.9 Å². The zero-order valence-electron chi connectivity index (χ0n) is 27.6. The van der Waals surface area contributed by atoms with Gasteiger partial charge in [0.05, 0.1) is 12.7 Å². The van der Waals surface area contributed by atoms with E-state index in [4.69, 9.17) is 19.9 Å². The molecule has 2 saturated heterocycles. The average molecular weight is 637 g/mol. The van der Waals surface area contributed by atoms with Gasteiger partial charge in [0.1, 0.15) is 23.4 Å². The molecule has 0 aliphatic carbocycles. The summed E-state index contributed by atoms with van der Waals surface area (Å²) < 4.78 is 16.8. The van der Waals surface area contributed by atoms with Gasteiger partial charge in [0.2, 0.25) is 11.8 Å². The Morgan fingerprint density at radius 1 is 0.913 bits per heavy atom. The second-order valence-electron chi connectivity index (χ2n) is 13.4. The number of nitrogens with zero attached hydrogens (tertiary/aromatic N) is 2. The summed E-state index contributed by atoms with van der Waals surface area (Å²) in [5.74, 6) is 0.260. The minimum absolute atomic E-state index is 0.121. The van der Waals surface area contributed by atoms with Gasteiger partial charge in [-0.1, -0.05) is 36.4 Å². The zero-order valence-corrected chi connectivity index (χ0v) is 27.6. The van der Waals surface area contributed by atoms with Crippen molar-refractivity contribution in [3.05, 3.63) is 54.1 Å². The molecule has 2 aliphatic rings. The Morgan fingerprint density at radius 2 is 1.52 bits per heavy atom. The third-order valence-electron chi connectivity index (χ3n) is 8.13. The van der Waals surface area contributed by atoms with Gasteiger partial charge in [-0.3, -0.25) is 9.59 Å². The van der Waals surface area contributed by atoms with Crippen molar-refractivity contribution in [3.8, 4) is 16.9 Å². The molecule has 4 rings (SSSR count). The standard InChI is InChI=1S/C35H48N4O7/c1-23(2)45-34(43)38-19-16-25(17-20-38)22-44-28-14-12-27(13-15-28)26-10-8-24(9-11-26)21-29(37-33(42)46-35(3,4)5)32(41)39-18-6-7-30(39)31(36)40/h8-15,23,25,29-30H,6-7,16-22H2,1-5H3,(H2,36,40)(H,37,42)/t29?,30-/m0/s1. The maximum Gasteiger partial charge on any atom is 0.410 e. The summed E-state index contributed by atoms with van der Waals surface area (Å²) in [5.41, 5.74) is 7.67.